The molecule has 3 nitrogen and oxygen atoms in total. The molecule has 1 rings (SSSR count). The fourth-order valence-electron chi connectivity index (χ4n) is 1.51. The zero-order valence-corrected chi connectivity index (χ0v) is 10.2. The van der Waals surface area contributed by atoms with E-state index in [1.54, 1.807) is 6.26 Å². The summed E-state index contributed by atoms with van der Waals surface area (Å²) in [5.41, 5.74) is 8.60. The fraction of sp³-hybridized carbons (Fsp3) is 0.455. The van der Waals surface area contributed by atoms with Gasteiger partial charge in [0.15, 0.2) is 0 Å². The number of benzene rings is 1. The lowest BCUT2D eigenvalue weighted by atomic mass is 10.1. The van der Waals surface area contributed by atoms with E-state index in [1.807, 2.05) is 32.0 Å². The Morgan fingerprint density at radius 3 is 2.73 bits per heavy atom. The van der Waals surface area contributed by atoms with Gasteiger partial charge in [-0.2, -0.15) is 0 Å². The third-order valence-electron chi connectivity index (χ3n) is 2.14. The molecular formula is C11H18N2OS. The lowest BCUT2D eigenvalue weighted by Crippen LogP contribution is -2.22. The molecule has 0 aliphatic carbocycles. The maximum atomic E-state index is 11.0. The van der Waals surface area contributed by atoms with Crippen molar-refractivity contribution in [1.82, 2.24) is 0 Å². The summed E-state index contributed by atoms with van der Waals surface area (Å²) in [6.45, 7) is 4.03. The number of nitrogens with two attached hydrogens (primary N) is 1. The summed E-state index contributed by atoms with van der Waals surface area (Å²) in [4.78, 5) is 0. The standard InChI is InChI=1S/C11H18N2OS/c1-8-6-10(12)4-5-11(8)13-9(2)7-15(3)14/h4-6,9,13H,7,12H2,1-3H3. The molecule has 15 heavy (non-hydrogen) atoms. The molecule has 1 aromatic rings. The van der Waals surface area contributed by atoms with Crippen molar-refractivity contribution in [2.75, 3.05) is 23.1 Å². The van der Waals surface area contributed by atoms with Crippen molar-refractivity contribution in [2.24, 2.45) is 0 Å². The average Bonchev–Trinajstić information content (AvgIpc) is 2.08. The molecule has 0 aliphatic rings. The number of nitrogens with one attached hydrogen (secondary N) is 1. The van der Waals surface area contributed by atoms with Crippen LogP contribution in [0.25, 0.3) is 0 Å². The summed E-state index contributed by atoms with van der Waals surface area (Å²) in [6, 6.07) is 5.96. The van der Waals surface area contributed by atoms with Crippen molar-refractivity contribution in [2.45, 2.75) is 19.9 Å². The van der Waals surface area contributed by atoms with Gasteiger partial charge in [0, 0.05) is 40.2 Å². The van der Waals surface area contributed by atoms with Gasteiger partial charge in [-0.3, -0.25) is 4.21 Å². The van der Waals surface area contributed by atoms with Crippen LogP contribution in [0.4, 0.5) is 11.4 Å². The predicted octanol–water partition coefficient (Wildman–Crippen LogP) is 1.76. The zero-order chi connectivity index (χ0) is 11.4. The van der Waals surface area contributed by atoms with E-state index in [0.29, 0.717) is 5.75 Å². The minimum Gasteiger partial charge on any atom is -0.399 e. The van der Waals surface area contributed by atoms with Gasteiger partial charge in [0.2, 0.25) is 0 Å². The van der Waals surface area contributed by atoms with Crippen molar-refractivity contribution in [3.8, 4) is 0 Å². The van der Waals surface area contributed by atoms with E-state index in [2.05, 4.69) is 5.32 Å². The topological polar surface area (TPSA) is 55.1 Å². The molecule has 3 N–H and O–H groups in total. The molecule has 2 unspecified atom stereocenters. The zero-order valence-electron chi connectivity index (χ0n) is 9.41. The first kappa shape index (κ1) is 12.0. The molecule has 0 aliphatic heterocycles. The van der Waals surface area contributed by atoms with Gasteiger partial charge < -0.3 is 11.1 Å². The largest absolute Gasteiger partial charge is 0.399 e. The Bertz CT molecular complexity index is 366. The van der Waals surface area contributed by atoms with Crippen molar-refractivity contribution in [1.29, 1.82) is 0 Å². The van der Waals surface area contributed by atoms with Crippen LogP contribution in [0.15, 0.2) is 18.2 Å². The van der Waals surface area contributed by atoms with Crippen LogP contribution in [0, 0.1) is 6.92 Å². The summed E-state index contributed by atoms with van der Waals surface area (Å²) in [7, 11) is -0.768. The van der Waals surface area contributed by atoms with Crippen LogP contribution in [0.5, 0.6) is 0 Å². The van der Waals surface area contributed by atoms with Crippen LogP contribution in [-0.4, -0.2) is 22.3 Å². The number of hydrogen-bond acceptors (Lipinski definition) is 3. The van der Waals surface area contributed by atoms with Crippen LogP contribution < -0.4 is 11.1 Å². The van der Waals surface area contributed by atoms with E-state index in [9.17, 15) is 4.21 Å². The second-order valence-electron chi connectivity index (χ2n) is 3.86. The molecule has 0 fully saturated rings. The predicted molar refractivity (Wildman–Crippen MR) is 67.6 cm³/mol. The molecule has 4 heteroatoms. The Hall–Kier alpha value is -1.03. The normalized spacial score (nSPS) is 14.6. The van der Waals surface area contributed by atoms with Crippen LogP contribution in [0.1, 0.15) is 12.5 Å². The highest BCUT2D eigenvalue weighted by Gasteiger charge is 2.05. The van der Waals surface area contributed by atoms with Gasteiger partial charge in [-0.25, -0.2) is 0 Å². The Labute approximate surface area is 93.5 Å². The summed E-state index contributed by atoms with van der Waals surface area (Å²) >= 11 is 0. The molecule has 0 amide bonds. The molecule has 0 saturated heterocycles. The lowest BCUT2D eigenvalue weighted by molar-refractivity contribution is 0.683. The minimum absolute atomic E-state index is 0.207. The summed E-state index contributed by atoms with van der Waals surface area (Å²) in [6.07, 6.45) is 1.72. The molecule has 0 radical (unpaired) electrons. The molecule has 0 heterocycles. The Balaban J connectivity index is 2.68. The first-order valence-electron chi connectivity index (χ1n) is 4.91. The average molecular weight is 226 g/mol. The van der Waals surface area contributed by atoms with E-state index in [4.69, 9.17) is 5.73 Å². The summed E-state index contributed by atoms with van der Waals surface area (Å²) < 4.78 is 11.0. The van der Waals surface area contributed by atoms with Gasteiger partial charge in [-0.15, -0.1) is 0 Å². The number of anilines is 2. The van der Waals surface area contributed by atoms with E-state index in [0.717, 1.165) is 16.9 Å². The molecule has 0 saturated carbocycles. The minimum atomic E-state index is -0.768. The van der Waals surface area contributed by atoms with E-state index >= 15 is 0 Å². The number of aryl methyl sites for hydroxylation is 1. The van der Waals surface area contributed by atoms with Crippen LogP contribution in [0.3, 0.4) is 0 Å². The first-order chi connectivity index (χ1) is 6.99. The number of rotatable bonds is 4. The SMILES string of the molecule is Cc1cc(N)ccc1NC(C)CS(C)=O. The molecule has 0 aromatic heterocycles. The van der Waals surface area contributed by atoms with Crippen LogP contribution in [-0.2, 0) is 10.8 Å². The van der Waals surface area contributed by atoms with Crippen molar-refractivity contribution in [3.63, 3.8) is 0 Å². The third-order valence-corrected chi connectivity index (χ3v) is 3.11. The summed E-state index contributed by atoms with van der Waals surface area (Å²) in [5.74, 6) is 0.657. The highest BCUT2D eigenvalue weighted by molar-refractivity contribution is 7.84. The van der Waals surface area contributed by atoms with E-state index in [-0.39, 0.29) is 6.04 Å². The second-order valence-corrected chi connectivity index (χ2v) is 5.34. The molecule has 0 bridgehead atoms. The Morgan fingerprint density at radius 2 is 2.20 bits per heavy atom. The van der Waals surface area contributed by atoms with Crippen LogP contribution >= 0.6 is 0 Å². The quantitative estimate of drug-likeness (QED) is 0.769. The van der Waals surface area contributed by atoms with Gasteiger partial charge in [0.05, 0.1) is 0 Å². The van der Waals surface area contributed by atoms with E-state index < -0.39 is 10.8 Å². The Kier molecular flexibility index (Phi) is 4.15. The lowest BCUT2D eigenvalue weighted by Gasteiger charge is -2.16. The van der Waals surface area contributed by atoms with E-state index in [1.165, 1.54) is 0 Å². The molecule has 84 valence electrons. The second kappa shape index (κ2) is 5.16. The van der Waals surface area contributed by atoms with Crippen molar-refractivity contribution in [3.05, 3.63) is 23.8 Å². The van der Waals surface area contributed by atoms with Crippen molar-refractivity contribution >= 4 is 22.2 Å². The first-order valence-corrected chi connectivity index (χ1v) is 6.64. The molecular weight excluding hydrogens is 208 g/mol. The fourth-order valence-corrected chi connectivity index (χ4v) is 2.30. The van der Waals surface area contributed by atoms with Gasteiger partial charge in [-0.05, 0) is 37.6 Å². The maximum Gasteiger partial charge on any atom is 0.0431 e. The smallest absolute Gasteiger partial charge is 0.0431 e. The number of hydrogen-bond donors (Lipinski definition) is 2. The van der Waals surface area contributed by atoms with Gasteiger partial charge in [0.1, 0.15) is 0 Å². The highest BCUT2D eigenvalue weighted by atomic mass is 32.2. The molecule has 2 atom stereocenters. The monoisotopic (exact) mass is 226 g/mol. The summed E-state index contributed by atoms with van der Waals surface area (Å²) in [5, 5.41) is 3.32. The molecule has 0 spiro atoms. The number of nitrogen functional groups attached to an aromatic ring is 1. The molecule has 1 aromatic carbocycles. The maximum absolute atomic E-state index is 11.0. The van der Waals surface area contributed by atoms with Gasteiger partial charge in [0.25, 0.3) is 0 Å². The van der Waals surface area contributed by atoms with Gasteiger partial charge in [-0.1, -0.05) is 0 Å². The Morgan fingerprint density at radius 1 is 1.53 bits per heavy atom. The van der Waals surface area contributed by atoms with Gasteiger partial charge >= 0.3 is 0 Å². The van der Waals surface area contributed by atoms with Crippen LogP contribution in [0.2, 0.25) is 0 Å². The highest BCUT2D eigenvalue weighted by Crippen LogP contribution is 2.18. The van der Waals surface area contributed by atoms with Crippen molar-refractivity contribution < 1.29 is 4.21 Å². The third kappa shape index (κ3) is 3.91.